The van der Waals surface area contributed by atoms with Crippen LogP contribution in [0, 0.1) is 20.8 Å². The molecular formula is C22H25N2OS+. The van der Waals surface area contributed by atoms with Crippen LogP contribution in [0.2, 0.25) is 0 Å². The molecule has 0 unspecified atom stereocenters. The number of thiophene rings is 1. The maximum atomic E-state index is 12.6. The van der Waals surface area contributed by atoms with Gasteiger partial charge in [0.2, 0.25) is 0 Å². The second kappa shape index (κ2) is 8.30. The molecule has 1 amide bonds. The number of nitrogens with one attached hydrogen (secondary N) is 1. The molecule has 3 aromatic rings. The lowest BCUT2D eigenvalue weighted by Crippen LogP contribution is -2.87. The maximum absolute atomic E-state index is 12.6. The molecule has 0 fully saturated rings. The summed E-state index contributed by atoms with van der Waals surface area (Å²) >= 11 is 1.73. The first-order valence-electron chi connectivity index (χ1n) is 8.84. The second-order valence-corrected chi connectivity index (χ2v) is 7.64. The van der Waals surface area contributed by atoms with E-state index in [0.717, 1.165) is 16.8 Å². The van der Waals surface area contributed by atoms with Crippen LogP contribution in [0.4, 0.5) is 5.69 Å². The van der Waals surface area contributed by atoms with Gasteiger partial charge in [-0.05, 0) is 43.3 Å². The molecule has 1 atom stereocenters. The third-order valence-electron chi connectivity index (χ3n) is 4.49. The Bertz CT molecular complexity index is 849. The van der Waals surface area contributed by atoms with E-state index in [0.29, 0.717) is 6.54 Å². The van der Waals surface area contributed by atoms with Crippen molar-refractivity contribution < 1.29 is 10.1 Å². The Morgan fingerprint density at radius 2 is 1.73 bits per heavy atom. The highest BCUT2D eigenvalue weighted by Crippen LogP contribution is 2.23. The number of hydrogen-bond donors (Lipinski definition) is 2. The number of quaternary nitrogens is 1. The van der Waals surface area contributed by atoms with E-state index in [2.05, 4.69) is 59.3 Å². The molecular weight excluding hydrogens is 340 g/mol. The quantitative estimate of drug-likeness (QED) is 0.682. The standard InChI is InChI=1S/C22H24N2OS/c1-15-12-16(2)21(17(3)13-15)24-20(25)14-23-22(19-10-7-11-26-19)18-8-5-4-6-9-18/h4-13,22-23H,14H2,1-3H3,(H,24,25)/p+1/t22-/m0/s1. The van der Waals surface area contributed by atoms with Gasteiger partial charge in [0, 0.05) is 11.3 Å². The molecule has 0 aliphatic heterocycles. The van der Waals surface area contributed by atoms with Crippen LogP contribution in [-0.4, -0.2) is 12.5 Å². The highest BCUT2D eigenvalue weighted by molar-refractivity contribution is 7.10. The van der Waals surface area contributed by atoms with Gasteiger partial charge < -0.3 is 10.6 Å². The summed E-state index contributed by atoms with van der Waals surface area (Å²) in [5, 5.41) is 7.28. The molecule has 0 bridgehead atoms. The van der Waals surface area contributed by atoms with Crippen LogP contribution >= 0.6 is 11.3 Å². The summed E-state index contributed by atoms with van der Waals surface area (Å²) in [6.45, 7) is 6.53. The van der Waals surface area contributed by atoms with E-state index in [1.165, 1.54) is 16.0 Å². The maximum Gasteiger partial charge on any atom is 0.279 e. The smallest absolute Gasteiger partial charge is 0.279 e. The number of rotatable bonds is 6. The Morgan fingerprint density at radius 1 is 1.04 bits per heavy atom. The topological polar surface area (TPSA) is 45.7 Å². The first kappa shape index (κ1) is 18.4. The zero-order chi connectivity index (χ0) is 18.5. The van der Waals surface area contributed by atoms with Crippen molar-refractivity contribution >= 4 is 22.9 Å². The van der Waals surface area contributed by atoms with Gasteiger partial charge in [-0.25, -0.2) is 0 Å². The van der Waals surface area contributed by atoms with Gasteiger partial charge >= 0.3 is 0 Å². The molecule has 134 valence electrons. The summed E-state index contributed by atoms with van der Waals surface area (Å²) in [5.41, 5.74) is 5.57. The van der Waals surface area contributed by atoms with Crippen molar-refractivity contribution in [2.24, 2.45) is 0 Å². The molecule has 1 heterocycles. The van der Waals surface area contributed by atoms with Crippen LogP contribution in [0.3, 0.4) is 0 Å². The summed E-state index contributed by atoms with van der Waals surface area (Å²) in [5.74, 6) is 0.0255. The van der Waals surface area contributed by atoms with E-state index in [1.807, 2.05) is 32.0 Å². The van der Waals surface area contributed by atoms with Crippen molar-refractivity contribution in [3.8, 4) is 0 Å². The predicted molar refractivity (Wildman–Crippen MR) is 109 cm³/mol. The number of aryl methyl sites for hydroxylation is 3. The molecule has 26 heavy (non-hydrogen) atoms. The molecule has 3 rings (SSSR count). The molecule has 0 aliphatic carbocycles. The van der Waals surface area contributed by atoms with Crippen LogP contribution in [0.15, 0.2) is 60.0 Å². The van der Waals surface area contributed by atoms with Crippen LogP contribution < -0.4 is 10.6 Å². The van der Waals surface area contributed by atoms with Gasteiger partial charge in [0.25, 0.3) is 5.91 Å². The minimum Gasteiger partial charge on any atom is -0.328 e. The molecule has 3 nitrogen and oxygen atoms in total. The van der Waals surface area contributed by atoms with E-state index in [1.54, 1.807) is 11.3 Å². The second-order valence-electron chi connectivity index (χ2n) is 6.67. The van der Waals surface area contributed by atoms with Crippen LogP contribution in [-0.2, 0) is 4.79 Å². The molecule has 4 heteroatoms. The minimum absolute atomic E-state index is 0.0255. The molecule has 0 aliphatic rings. The van der Waals surface area contributed by atoms with Gasteiger partial charge in [0.15, 0.2) is 6.54 Å². The summed E-state index contributed by atoms with van der Waals surface area (Å²) in [4.78, 5) is 13.8. The number of carbonyl (C=O) groups is 1. The summed E-state index contributed by atoms with van der Waals surface area (Å²) < 4.78 is 0. The summed E-state index contributed by atoms with van der Waals surface area (Å²) in [6.07, 6.45) is 0. The monoisotopic (exact) mass is 365 g/mol. The van der Waals surface area contributed by atoms with Gasteiger partial charge in [-0.15, -0.1) is 11.3 Å². The molecule has 3 N–H and O–H groups in total. The number of anilines is 1. The van der Waals surface area contributed by atoms with Crippen molar-refractivity contribution in [1.29, 1.82) is 0 Å². The summed E-state index contributed by atoms with van der Waals surface area (Å²) in [6, 6.07) is 18.9. The van der Waals surface area contributed by atoms with Crippen molar-refractivity contribution in [3.05, 3.63) is 87.1 Å². The van der Waals surface area contributed by atoms with Crippen molar-refractivity contribution in [3.63, 3.8) is 0 Å². The average molecular weight is 366 g/mol. The van der Waals surface area contributed by atoms with Crippen LogP contribution in [0.1, 0.15) is 33.2 Å². The molecule has 0 saturated heterocycles. The zero-order valence-electron chi connectivity index (χ0n) is 15.5. The van der Waals surface area contributed by atoms with E-state index in [9.17, 15) is 4.79 Å². The van der Waals surface area contributed by atoms with E-state index >= 15 is 0 Å². The largest absolute Gasteiger partial charge is 0.328 e. The number of carbonyl (C=O) groups excluding carboxylic acids is 1. The Morgan fingerprint density at radius 3 is 2.35 bits per heavy atom. The van der Waals surface area contributed by atoms with Crippen LogP contribution in [0.5, 0.6) is 0 Å². The lowest BCUT2D eigenvalue weighted by Gasteiger charge is -2.16. The Kier molecular flexibility index (Phi) is 5.86. The van der Waals surface area contributed by atoms with Crippen molar-refractivity contribution in [2.45, 2.75) is 26.8 Å². The first-order valence-corrected chi connectivity index (χ1v) is 9.72. The molecule has 2 aromatic carbocycles. The Hall–Kier alpha value is -2.43. The highest BCUT2D eigenvalue weighted by atomic mass is 32.1. The molecule has 0 radical (unpaired) electrons. The van der Waals surface area contributed by atoms with Crippen molar-refractivity contribution in [1.82, 2.24) is 0 Å². The summed E-state index contributed by atoms with van der Waals surface area (Å²) in [7, 11) is 0. The Balaban J connectivity index is 1.71. The van der Waals surface area contributed by atoms with Crippen LogP contribution in [0.25, 0.3) is 0 Å². The molecule has 0 spiro atoms. The van der Waals surface area contributed by atoms with E-state index < -0.39 is 0 Å². The SMILES string of the molecule is Cc1cc(C)c(NC(=O)C[NH2+][C@@H](c2ccccc2)c2cccs2)c(C)c1. The Labute approximate surface area is 159 Å². The average Bonchev–Trinajstić information content (AvgIpc) is 3.13. The van der Waals surface area contributed by atoms with E-state index in [4.69, 9.17) is 0 Å². The van der Waals surface area contributed by atoms with Gasteiger partial charge in [-0.1, -0.05) is 54.1 Å². The number of nitrogens with two attached hydrogens (primary N) is 1. The van der Waals surface area contributed by atoms with Crippen molar-refractivity contribution in [2.75, 3.05) is 11.9 Å². The number of amides is 1. The number of benzene rings is 2. The number of hydrogen-bond acceptors (Lipinski definition) is 2. The third-order valence-corrected chi connectivity index (χ3v) is 5.44. The van der Waals surface area contributed by atoms with Gasteiger partial charge in [0.05, 0.1) is 4.88 Å². The lowest BCUT2D eigenvalue weighted by atomic mass is 10.0. The van der Waals surface area contributed by atoms with Gasteiger partial charge in [-0.3, -0.25) is 4.79 Å². The highest BCUT2D eigenvalue weighted by Gasteiger charge is 2.20. The predicted octanol–water partition coefficient (Wildman–Crippen LogP) is 3.96. The van der Waals surface area contributed by atoms with Gasteiger partial charge in [0.1, 0.15) is 6.04 Å². The molecule has 0 saturated carbocycles. The normalized spacial score (nSPS) is 12.0. The fraction of sp³-hybridized carbons (Fsp3) is 0.227. The van der Waals surface area contributed by atoms with E-state index in [-0.39, 0.29) is 11.9 Å². The fourth-order valence-electron chi connectivity index (χ4n) is 3.34. The first-order chi connectivity index (χ1) is 12.5. The van der Waals surface area contributed by atoms with Gasteiger partial charge in [-0.2, -0.15) is 0 Å². The molecule has 1 aromatic heterocycles. The lowest BCUT2D eigenvalue weighted by molar-refractivity contribution is -0.675. The zero-order valence-corrected chi connectivity index (χ0v) is 16.3. The third kappa shape index (κ3) is 4.40. The fourth-order valence-corrected chi connectivity index (χ4v) is 4.19. The minimum atomic E-state index is 0.0255.